The van der Waals surface area contributed by atoms with Gasteiger partial charge in [0, 0.05) is 6.20 Å². The summed E-state index contributed by atoms with van der Waals surface area (Å²) < 4.78 is 16.1. The molecule has 0 amide bonds. The Labute approximate surface area is 139 Å². The lowest BCUT2D eigenvalue weighted by Crippen LogP contribution is -2.07. The summed E-state index contributed by atoms with van der Waals surface area (Å²) in [6.07, 6.45) is 0.120. The molecule has 7 nitrogen and oxygen atoms in total. The number of fused-ring (bicyclic) bond motifs is 1. The summed E-state index contributed by atoms with van der Waals surface area (Å²) in [7, 11) is 0. The Morgan fingerprint density at radius 3 is 2.67 bits per heavy atom. The van der Waals surface area contributed by atoms with Crippen molar-refractivity contribution in [2.75, 3.05) is 11.5 Å². The minimum absolute atomic E-state index is 0.0964. The number of halogens is 1. The molecule has 0 aromatic carbocycles. The van der Waals surface area contributed by atoms with E-state index in [0.29, 0.717) is 21.6 Å². The van der Waals surface area contributed by atoms with E-state index in [1.807, 2.05) is 0 Å². The van der Waals surface area contributed by atoms with E-state index in [4.69, 9.17) is 11.5 Å². The summed E-state index contributed by atoms with van der Waals surface area (Å²) in [4.78, 5) is 13.0. The van der Waals surface area contributed by atoms with Crippen LogP contribution >= 0.6 is 11.3 Å². The first-order valence-corrected chi connectivity index (χ1v) is 7.85. The van der Waals surface area contributed by atoms with E-state index in [1.54, 1.807) is 35.8 Å². The van der Waals surface area contributed by atoms with Gasteiger partial charge in [-0.15, -0.1) is 11.3 Å². The Morgan fingerprint density at radius 1 is 1.17 bits per heavy atom. The number of alkyl halides is 1. The predicted octanol–water partition coefficient (Wildman–Crippen LogP) is 2.43. The number of hydrogen-bond acceptors (Lipinski definition) is 7. The average molecular weight is 340 g/mol. The number of anilines is 2. The zero-order valence-corrected chi connectivity index (χ0v) is 13.0. The Bertz CT molecular complexity index is 992. The first kappa shape index (κ1) is 14.5. The van der Waals surface area contributed by atoms with Crippen molar-refractivity contribution in [3.05, 3.63) is 46.8 Å². The number of nitrogens with zero attached hydrogens (tertiary/aromatic N) is 5. The molecule has 0 fully saturated rings. The maximum Gasteiger partial charge on any atom is 0.228 e. The summed E-state index contributed by atoms with van der Waals surface area (Å²) in [6.45, 7) is 0. The highest BCUT2D eigenvalue weighted by atomic mass is 32.1. The van der Waals surface area contributed by atoms with E-state index in [-0.39, 0.29) is 17.5 Å². The molecule has 0 bridgehead atoms. The molecule has 0 saturated carbocycles. The van der Waals surface area contributed by atoms with Crippen molar-refractivity contribution in [1.29, 1.82) is 0 Å². The standard InChI is InChI=1S/C15H11FN7S/c16-13(9-4-2-6-24-9)23-15-8(3-1-5-19-15)12(22-23)14-20-10(17)7-11(18)21-14/h1-6,13H,(H4,17,18,20,21). The highest BCUT2D eigenvalue weighted by Gasteiger charge is 2.22. The summed E-state index contributed by atoms with van der Waals surface area (Å²) in [5.41, 5.74) is 12.1. The van der Waals surface area contributed by atoms with Crippen LogP contribution in [-0.2, 0) is 0 Å². The SMILES string of the molecule is Nc1[c]c(N)nc(-c2nn(C(F)c3cccs3)c3ncccc23)n1. The van der Waals surface area contributed by atoms with Gasteiger partial charge in [0.1, 0.15) is 17.3 Å². The fourth-order valence-corrected chi connectivity index (χ4v) is 3.07. The second-order valence-electron chi connectivity index (χ2n) is 4.96. The van der Waals surface area contributed by atoms with Gasteiger partial charge >= 0.3 is 0 Å². The van der Waals surface area contributed by atoms with Crippen LogP contribution < -0.4 is 11.5 Å². The fraction of sp³-hybridized carbons (Fsp3) is 0.0667. The predicted molar refractivity (Wildman–Crippen MR) is 89.8 cm³/mol. The first-order valence-electron chi connectivity index (χ1n) is 6.97. The average Bonchev–Trinajstić information content (AvgIpc) is 3.21. The van der Waals surface area contributed by atoms with Crippen LogP contribution in [0.1, 0.15) is 11.2 Å². The highest BCUT2D eigenvalue weighted by molar-refractivity contribution is 7.10. The van der Waals surface area contributed by atoms with Crippen LogP contribution in [0, 0.1) is 6.07 Å². The minimum atomic E-state index is -1.46. The highest BCUT2D eigenvalue weighted by Crippen LogP contribution is 2.31. The monoisotopic (exact) mass is 340 g/mol. The van der Waals surface area contributed by atoms with Crippen molar-refractivity contribution in [1.82, 2.24) is 24.7 Å². The van der Waals surface area contributed by atoms with Crippen molar-refractivity contribution < 1.29 is 4.39 Å². The van der Waals surface area contributed by atoms with Crippen LogP contribution in [-0.4, -0.2) is 24.7 Å². The van der Waals surface area contributed by atoms with Crippen LogP contribution in [0.2, 0.25) is 0 Å². The molecule has 0 spiro atoms. The second kappa shape index (κ2) is 5.53. The normalized spacial score (nSPS) is 12.5. The van der Waals surface area contributed by atoms with Crippen LogP contribution in [0.15, 0.2) is 35.8 Å². The van der Waals surface area contributed by atoms with Crippen LogP contribution in [0.4, 0.5) is 16.0 Å². The van der Waals surface area contributed by atoms with E-state index in [9.17, 15) is 4.39 Å². The number of nitrogens with two attached hydrogens (primary N) is 2. The minimum Gasteiger partial charge on any atom is -0.383 e. The molecule has 1 unspecified atom stereocenters. The zero-order valence-electron chi connectivity index (χ0n) is 12.2. The van der Waals surface area contributed by atoms with Gasteiger partial charge < -0.3 is 11.5 Å². The molecule has 4 heterocycles. The maximum atomic E-state index is 14.9. The lowest BCUT2D eigenvalue weighted by molar-refractivity contribution is 0.283. The Hall–Kier alpha value is -3.07. The fourth-order valence-electron chi connectivity index (χ4n) is 2.39. The molecule has 4 N–H and O–H groups in total. The quantitative estimate of drug-likeness (QED) is 0.593. The lowest BCUT2D eigenvalue weighted by Gasteiger charge is -2.06. The van der Waals surface area contributed by atoms with E-state index in [0.717, 1.165) is 0 Å². The molecule has 1 atom stereocenters. The van der Waals surface area contributed by atoms with Gasteiger partial charge in [-0.1, -0.05) is 6.07 Å². The van der Waals surface area contributed by atoms with Crippen LogP contribution in [0.25, 0.3) is 22.6 Å². The number of thiophene rings is 1. The smallest absolute Gasteiger partial charge is 0.228 e. The van der Waals surface area contributed by atoms with Gasteiger partial charge in [0.15, 0.2) is 11.5 Å². The molecule has 1 radical (unpaired) electrons. The number of pyridine rings is 1. The van der Waals surface area contributed by atoms with Gasteiger partial charge in [0.2, 0.25) is 6.30 Å². The third-order valence-corrected chi connectivity index (χ3v) is 4.28. The topological polar surface area (TPSA) is 109 Å². The molecule has 9 heteroatoms. The Morgan fingerprint density at radius 2 is 1.96 bits per heavy atom. The van der Waals surface area contributed by atoms with Crippen molar-refractivity contribution >= 4 is 34.0 Å². The van der Waals surface area contributed by atoms with Gasteiger partial charge in [0.05, 0.1) is 16.3 Å². The van der Waals surface area contributed by atoms with Gasteiger partial charge in [0.25, 0.3) is 0 Å². The lowest BCUT2D eigenvalue weighted by atomic mass is 10.2. The van der Waals surface area contributed by atoms with Gasteiger partial charge in [-0.05, 0) is 23.6 Å². The van der Waals surface area contributed by atoms with Gasteiger partial charge in [-0.2, -0.15) is 5.10 Å². The second-order valence-corrected chi connectivity index (χ2v) is 5.94. The molecular weight excluding hydrogens is 329 g/mol. The molecular formula is C15H11FN7S. The van der Waals surface area contributed by atoms with Crippen LogP contribution in [0.3, 0.4) is 0 Å². The first-order chi connectivity index (χ1) is 11.6. The number of nitrogen functional groups attached to an aromatic ring is 2. The number of hydrogen-bond donors (Lipinski definition) is 2. The van der Waals surface area contributed by atoms with Crippen molar-refractivity contribution in [3.8, 4) is 11.5 Å². The molecule has 4 aromatic heterocycles. The summed E-state index contributed by atoms with van der Waals surface area (Å²) in [5, 5.41) is 6.75. The summed E-state index contributed by atoms with van der Waals surface area (Å²) >= 11 is 1.30. The molecule has 119 valence electrons. The Balaban J connectivity index is 1.94. The summed E-state index contributed by atoms with van der Waals surface area (Å²) in [6, 6.07) is 9.58. The zero-order chi connectivity index (χ0) is 16.7. The molecule has 4 aromatic rings. The maximum absolute atomic E-state index is 14.9. The molecule has 0 aliphatic rings. The Kier molecular flexibility index (Phi) is 3.35. The molecule has 0 aliphatic heterocycles. The van der Waals surface area contributed by atoms with E-state index in [1.165, 1.54) is 16.0 Å². The largest absolute Gasteiger partial charge is 0.383 e. The molecule has 0 saturated heterocycles. The van der Waals surface area contributed by atoms with E-state index < -0.39 is 6.30 Å². The van der Waals surface area contributed by atoms with E-state index in [2.05, 4.69) is 26.1 Å². The van der Waals surface area contributed by atoms with Gasteiger partial charge in [-0.3, -0.25) is 0 Å². The van der Waals surface area contributed by atoms with E-state index >= 15 is 0 Å². The molecule has 0 aliphatic carbocycles. The molecule has 24 heavy (non-hydrogen) atoms. The van der Waals surface area contributed by atoms with Crippen molar-refractivity contribution in [2.24, 2.45) is 0 Å². The number of rotatable bonds is 3. The number of aromatic nitrogens is 5. The third-order valence-electron chi connectivity index (χ3n) is 3.38. The van der Waals surface area contributed by atoms with Crippen LogP contribution in [0.5, 0.6) is 0 Å². The molecule has 4 rings (SSSR count). The third kappa shape index (κ3) is 2.35. The van der Waals surface area contributed by atoms with Crippen molar-refractivity contribution in [2.45, 2.75) is 6.30 Å². The van der Waals surface area contributed by atoms with Gasteiger partial charge in [-0.25, -0.2) is 24.0 Å². The van der Waals surface area contributed by atoms with Crippen molar-refractivity contribution in [3.63, 3.8) is 0 Å². The summed E-state index contributed by atoms with van der Waals surface area (Å²) in [5.74, 6) is 0.400.